The minimum Gasteiger partial charge on any atom is -0.491 e. The molecule has 0 unspecified atom stereocenters. The fraction of sp³-hybridized carbons (Fsp3) is 0.667. The first-order valence-electron chi connectivity index (χ1n) is 8.81. The SMILES string of the molecule is O[C@H](COc1ccc(F)cc1)CN1CCC(N2CCOCC2)CC1. The predicted molar refractivity (Wildman–Crippen MR) is 89.8 cm³/mol. The van der Waals surface area contributed by atoms with Crippen LogP contribution in [-0.4, -0.2) is 79.6 Å². The molecule has 1 N–H and O–H groups in total. The number of hydrogen-bond acceptors (Lipinski definition) is 5. The number of likely N-dealkylation sites (tertiary alicyclic amines) is 1. The number of morpholine rings is 1. The van der Waals surface area contributed by atoms with E-state index in [1.807, 2.05) is 0 Å². The maximum absolute atomic E-state index is 12.8. The highest BCUT2D eigenvalue weighted by Gasteiger charge is 2.26. The van der Waals surface area contributed by atoms with Crippen molar-refractivity contribution in [3.05, 3.63) is 30.1 Å². The Hall–Kier alpha value is -1.21. The fourth-order valence-corrected chi connectivity index (χ4v) is 3.48. The van der Waals surface area contributed by atoms with E-state index in [9.17, 15) is 9.50 Å². The van der Waals surface area contributed by atoms with Crippen molar-refractivity contribution in [1.29, 1.82) is 0 Å². The van der Waals surface area contributed by atoms with Crippen molar-refractivity contribution in [1.82, 2.24) is 9.80 Å². The zero-order chi connectivity index (χ0) is 16.8. The lowest BCUT2D eigenvalue weighted by molar-refractivity contribution is -0.00556. The first-order valence-corrected chi connectivity index (χ1v) is 8.81. The number of nitrogens with zero attached hydrogens (tertiary/aromatic N) is 2. The van der Waals surface area contributed by atoms with Crippen LogP contribution in [-0.2, 0) is 4.74 Å². The molecule has 0 amide bonds. The quantitative estimate of drug-likeness (QED) is 0.849. The van der Waals surface area contributed by atoms with Crippen molar-refractivity contribution in [2.24, 2.45) is 0 Å². The Morgan fingerprint density at radius 1 is 1.12 bits per heavy atom. The summed E-state index contributed by atoms with van der Waals surface area (Å²) in [5.74, 6) is 0.299. The number of β-amino-alcohol motifs (C(OH)–C–C–N with tert-alkyl or cyclic N) is 1. The van der Waals surface area contributed by atoms with Crippen LogP contribution in [0.1, 0.15) is 12.8 Å². The summed E-state index contributed by atoms with van der Waals surface area (Å²) < 4.78 is 23.8. The molecule has 2 saturated heterocycles. The van der Waals surface area contributed by atoms with Gasteiger partial charge in [0, 0.05) is 25.7 Å². The van der Waals surface area contributed by atoms with Crippen LogP contribution in [0.5, 0.6) is 5.75 Å². The van der Waals surface area contributed by atoms with Crippen LogP contribution in [0.15, 0.2) is 24.3 Å². The zero-order valence-electron chi connectivity index (χ0n) is 14.1. The van der Waals surface area contributed by atoms with E-state index in [2.05, 4.69) is 9.80 Å². The number of aliphatic hydroxyl groups is 1. The van der Waals surface area contributed by atoms with Crippen LogP contribution in [0.3, 0.4) is 0 Å². The third-order valence-electron chi connectivity index (χ3n) is 4.84. The largest absolute Gasteiger partial charge is 0.491 e. The van der Waals surface area contributed by atoms with Gasteiger partial charge in [-0.05, 0) is 50.2 Å². The molecule has 24 heavy (non-hydrogen) atoms. The molecule has 0 aromatic heterocycles. The summed E-state index contributed by atoms with van der Waals surface area (Å²) in [5, 5.41) is 10.2. The molecule has 2 aliphatic heterocycles. The van der Waals surface area contributed by atoms with Gasteiger partial charge in [0.25, 0.3) is 0 Å². The van der Waals surface area contributed by atoms with E-state index in [-0.39, 0.29) is 12.4 Å². The normalized spacial score (nSPS) is 22.4. The molecule has 1 aromatic carbocycles. The number of aliphatic hydroxyl groups excluding tert-OH is 1. The van der Waals surface area contributed by atoms with Gasteiger partial charge in [-0.3, -0.25) is 4.90 Å². The Balaban J connectivity index is 1.35. The number of hydrogen-bond donors (Lipinski definition) is 1. The molecule has 6 heteroatoms. The molecular formula is C18H27FN2O3. The average Bonchev–Trinajstić information content (AvgIpc) is 2.63. The number of halogens is 1. The summed E-state index contributed by atoms with van der Waals surface area (Å²) in [6, 6.07) is 6.53. The molecule has 0 bridgehead atoms. The zero-order valence-corrected chi connectivity index (χ0v) is 14.1. The summed E-state index contributed by atoms with van der Waals surface area (Å²) in [7, 11) is 0. The lowest BCUT2D eigenvalue weighted by atomic mass is 10.0. The molecular weight excluding hydrogens is 311 g/mol. The van der Waals surface area contributed by atoms with Crippen molar-refractivity contribution in [3.8, 4) is 5.75 Å². The van der Waals surface area contributed by atoms with E-state index in [4.69, 9.17) is 9.47 Å². The summed E-state index contributed by atoms with van der Waals surface area (Å²) >= 11 is 0. The summed E-state index contributed by atoms with van der Waals surface area (Å²) in [6.45, 7) is 6.65. The highest BCUT2D eigenvalue weighted by Crippen LogP contribution is 2.18. The highest BCUT2D eigenvalue weighted by molar-refractivity contribution is 5.22. The minimum absolute atomic E-state index is 0.231. The Labute approximate surface area is 143 Å². The van der Waals surface area contributed by atoms with E-state index in [0.717, 1.165) is 52.2 Å². The Kier molecular flexibility index (Phi) is 6.43. The van der Waals surface area contributed by atoms with Crippen LogP contribution in [0.4, 0.5) is 4.39 Å². The van der Waals surface area contributed by atoms with Gasteiger partial charge in [0.1, 0.15) is 24.3 Å². The molecule has 134 valence electrons. The molecule has 3 rings (SSSR count). The first kappa shape index (κ1) is 17.6. The summed E-state index contributed by atoms with van der Waals surface area (Å²) in [5.41, 5.74) is 0. The second-order valence-corrected chi connectivity index (χ2v) is 6.60. The fourth-order valence-electron chi connectivity index (χ4n) is 3.48. The van der Waals surface area contributed by atoms with Gasteiger partial charge in [-0.25, -0.2) is 4.39 Å². The van der Waals surface area contributed by atoms with Gasteiger partial charge in [0.05, 0.1) is 13.2 Å². The van der Waals surface area contributed by atoms with E-state index < -0.39 is 6.10 Å². The van der Waals surface area contributed by atoms with Crippen LogP contribution in [0, 0.1) is 5.82 Å². The van der Waals surface area contributed by atoms with Gasteiger partial charge in [0.15, 0.2) is 0 Å². The van der Waals surface area contributed by atoms with Crippen molar-refractivity contribution < 1.29 is 19.0 Å². The third kappa shape index (κ3) is 5.14. The Bertz CT molecular complexity index is 486. The lowest BCUT2D eigenvalue weighted by Gasteiger charge is -2.40. The second kappa shape index (κ2) is 8.76. The van der Waals surface area contributed by atoms with E-state index >= 15 is 0 Å². The number of benzene rings is 1. The molecule has 5 nitrogen and oxygen atoms in total. The molecule has 0 aliphatic carbocycles. The average molecular weight is 338 g/mol. The summed E-state index contributed by atoms with van der Waals surface area (Å²) in [6.07, 6.45) is 1.76. The number of piperidine rings is 1. The van der Waals surface area contributed by atoms with E-state index in [1.165, 1.54) is 12.1 Å². The van der Waals surface area contributed by atoms with Crippen LogP contribution >= 0.6 is 0 Å². The molecule has 1 atom stereocenters. The second-order valence-electron chi connectivity index (χ2n) is 6.60. The smallest absolute Gasteiger partial charge is 0.123 e. The molecule has 2 heterocycles. The van der Waals surface area contributed by atoms with Crippen LogP contribution < -0.4 is 4.74 Å². The maximum atomic E-state index is 12.8. The van der Waals surface area contributed by atoms with Crippen molar-refractivity contribution >= 4 is 0 Å². The van der Waals surface area contributed by atoms with Crippen LogP contribution in [0.25, 0.3) is 0 Å². The minimum atomic E-state index is -0.532. The standard InChI is InChI=1S/C18H27FN2O3/c19-15-1-3-18(4-2-15)24-14-17(22)13-20-7-5-16(6-8-20)21-9-11-23-12-10-21/h1-4,16-17,22H,5-14H2/t17-/m0/s1. The summed E-state index contributed by atoms with van der Waals surface area (Å²) in [4.78, 5) is 4.84. The van der Waals surface area contributed by atoms with Gasteiger partial charge in [0.2, 0.25) is 0 Å². The first-order chi connectivity index (χ1) is 11.7. The Morgan fingerprint density at radius 3 is 2.46 bits per heavy atom. The molecule has 0 radical (unpaired) electrons. The van der Waals surface area contributed by atoms with Crippen molar-refractivity contribution in [2.75, 3.05) is 52.5 Å². The lowest BCUT2D eigenvalue weighted by Crippen LogP contribution is -2.50. The third-order valence-corrected chi connectivity index (χ3v) is 4.84. The highest BCUT2D eigenvalue weighted by atomic mass is 19.1. The molecule has 1 aromatic rings. The van der Waals surface area contributed by atoms with E-state index in [0.29, 0.717) is 18.3 Å². The van der Waals surface area contributed by atoms with Gasteiger partial charge < -0.3 is 19.5 Å². The maximum Gasteiger partial charge on any atom is 0.123 e. The number of ether oxygens (including phenoxy) is 2. The molecule has 2 fully saturated rings. The molecule has 0 spiro atoms. The van der Waals surface area contributed by atoms with E-state index in [1.54, 1.807) is 12.1 Å². The van der Waals surface area contributed by atoms with Gasteiger partial charge >= 0.3 is 0 Å². The van der Waals surface area contributed by atoms with Crippen molar-refractivity contribution in [2.45, 2.75) is 25.0 Å². The monoisotopic (exact) mass is 338 g/mol. The Morgan fingerprint density at radius 2 is 1.79 bits per heavy atom. The van der Waals surface area contributed by atoms with Gasteiger partial charge in [-0.1, -0.05) is 0 Å². The van der Waals surface area contributed by atoms with Gasteiger partial charge in [-0.15, -0.1) is 0 Å². The van der Waals surface area contributed by atoms with Gasteiger partial charge in [-0.2, -0.15) is 0 Å². The topological polar surface area (TPSA) is 45.2 Å². The molecule has 2 aliphatic rings. The van der Waals surface area contributed by atoms with Crippen LogP contribution in [0.2, 0.25) is 0 Å². The molecule has 0 saturated carbocycles. The predicted octanol–water partition coefficient (Wildman–Crippen LogP) is 1.36. The van der Waals surface area contributed by atoms with Crippen molar-refractivity contribution in [3.63, 3.8) is 0 Å². The number of rotatable bonds is 6.